The van der Waals surface area contributed by atoms with Crippen molar-refractivity contribution in [2.75, 3.05) is 24.3 Å². The van der Waals surface area contributed by atoms with Gasteiger partial charge in [-0.05, 0) is 42.7 Å². The normalized spacial score (nSPS) is 11.4. The van der Waals surface area contributed by atoms with Crippen LogP contribution in [-0.4, -0.2) is 31.6 Å². The fourth-order valence-corrected chi connectivity index (χ4v) is 3.73. The predicted molar refractivity (Wildman–Crippen MR) is 107 cm³/mol. The summed E-state index contributed by atoms with van der Waals surface area (Å²) in [6.45, 7) is 4.20. The Labute approximate surface area is 172 Å². The van der Waals surface area contributed by atoms with Gasteiger partial charge in [-0.3, -0.25) is 0 Å². The van der Waals surface area contributed by atoms with Crippen LogP contribution < -0.4 is 4.90 Å². The standard InChI is InChI=1S/C21H23F4NO2S/c1-4-9-26(12-15-7-5-6-8-16(15)20(27)28-3)18-11-19(14(2)10-17(18)22)29-13-21(23,24)25/h5-8,10-11H,4,9,12-13H2,1-3H3. The van der Waals surface area contributed by atoms with E-state index in [9.17, 15) is 22.4 Å². The molecular weight excluding hydrogens is 406 g/mol. The SMILES string of the molecule is CCCN(Cc1ccccc1C(=O)OC)c1cc(SCC(F)(F)F)c(C)cc1F. The summed E-state index contributed by atoms with van der Waals surface area (Å²) < 4.78 is 57.4. The molecule has 0 amide bonds. The minimum absolute atomic E-state index is 0.210. The van der Waals surface area contributed by atoms with Crippen LogP contribution in [0, 0.1) is 12.7 Å². The van der Waals surface area contributed by atoms with E-state index in [0.717, 1.165) is 0 Å². The van der Waals surface area contributed by atoms with E-state index in [4.69, 9.17) is 4.74 Å². The van der Waals surface area contributed by atoms with Gasteiger partial charge in [0.2, 0.25) is 0 Å². The first kappa shape index (κ1) is 23.1. The van der Waals surface area contributed by atoms with E-state index in [1.54, 1.807) is 36.1 Å². The lowest BCUT2D eigenvalue weighted by Crippen LogP contribution is -2.26. The molecule has 0 aromatic heterocycles. The summed E-state index contributed by atoms with van der Waals surface area (Å²) in [6.07, 6.45) is -3.62. The molecule has 0 aliphatic heterocycles. The Morgan fingerprint density at radius 2 is 1.90 bits per heavy atom. The Hall–Kier alpha value is -2.22. The van der Waals surface area contributed by atoms with Gasteiger partial charge in [-0.2, -0.15) is 13.2 Å². The zero-order valence-electron chi connectivity index (χ0n) is 16.5. The van der Waals surface area contributed by atoms with Crippen LogP contribution in [-0.2, 0) is 11.3 Å². The average molecular weight is 429 g/mol. The number of methoxy groups -OCH3 is 1. The van der Waals surface area contributed by atoms with E-state index in [2.05, 4.69) is 0 Å². The van der Waals surface area contributed by atoms with Crippen molar-refractivity contribution >= 4 is 23.4 Å². The summed E-state index contributed by atoms with van der Waals surface area (Å²) >= 11 is 0.638. The van der Waals surface area contributed by atoms with Gasteiger partial charge < -0.3 is 9.64 Å². The zero-order valence-corrected chi connectivity index (χ0v) is 17.3. The van der Waals surface area contributed by atoms with Crippen LogP contribution in [0.25, 0.3) is 0 Å². The van der Waals surface area contributed by atoms with Gasteiger partial charge in [0, 0.05) is 18.0 Å². The number of esters is 1. The summed E-state index contributed by atoms with van der Waals surface area (Å²) in [5, 5.41) is 0. The molecule has 2 aromatic rings. The van der Waals surface area contributed by atoms with Crippen molar-refractivity contribution in [1.82, 2.24) is 0 Å². The minimum Gasteiger partial charge on any atom is -0.465 e. The number of ether oxygens (including phenoxy) is 1. The number of hydrogen-bond donors (Lipinski definition) is 0. The topological polar surface area (TPSA) is 29.5 Å². The molecular formula is C21H23F4NO2S. The van der Waals surface area contributed by atoms with E-state index in [-0.39, 0.29) is 12.2 Å². The first-order valence-corrected chi connectivity index (χ1v) is 10.1. The number of nitrogens with zero attached hydrogens (tertiary/aromatic N) is 1. The Kier molecular flexibility index (Phi) is 7.96. The molecule has 29 heavy (non-hydrogen) atoms. The van der Waals surface area contributed by atoms with Crippen LogP contribution in [0.15, 0.2) is 41.3 Å². The lowest BCUT2D eigenvalue weighted by Gasteiger charge is -2.27. The van der Waals surface area contributed by atoms with Crippen LogP contribution in [0.1, 0.15) is 34.8 Å². The second-order valence-electron chi connectivity index (χ2n) is 6.54. The zero-order chi connectivity index (χ0) is 21.6. The molecule has 2 aromatic carbocycles. The van der Waals surface area contributed by atoms with Gasteiger partial charge >= 0.3 is 12.1 Å². The second kappa shape index (κ2) is 10.0. The van der Waals surface area contributed by atoms with E-state index in [1.165, 1.54) is 19.2 Å². The summed E-state index contributed by atoms with van der Waals surface area (Å²) in [6, 6.07) is 9.56. The number of anilines is 1. The van der Waals surface area contributed by atoms with Crippen molar-refractivity contribution in [2.45, 2.75) is 37.9 Å². The highest BCUT2D eigenvalue weighted by Crippen LogP contribution is 2.34. The third-order valence-electron chi connectivity index (χ3n) is 4.25. The highest BCUT2D eigenvalue weighted by atomic mass is 32.2. The molecule has 0 bridgehead atoms. The molecule has 0 saturated heterocycles. The van der Waals surface area contributed by atoms with Crippen molar-refractivity contribution in [2.24, 2.45) is 0 Å². The summed E-state index contributed by atoms with van der Waals surface area (Å²) in [7, 11) is 1.28. The molecule has 3 nitrogen and oxygen atoms in total. The molecule has 8 heteroatoms. The lowest BCUT2D eigenvalue weighted by atomic mass is 10.1. The first-order valence-electron chi connectivity index (χ1n) is 9.07. The number of carbonyl (C=O) groups excluding carboxylic acids is 1. The fraction of sp³-hybridized carbons (Fsp3) is 0.381. The predicted octanol–water partition coefficient (Wildman–Crippen LogP) is 5.99. The maximum Gasteiger partial charge on any atom is 0.398 e. The highest BCUT2D eigenvalue weighted by molar-refractivity contribution is 7.99. The molecule has 0 heterocycles. The van der Waals surface area contributed by atoms with Gasteiger partial charge in [0.05, 0.1) is 24.1 Å². The van der Waals surface area contributed by atoms with E-state index < -0.39 is 23.7 Å². The molecule has 0 unspecified atom stereocenters. The van der Waals surface area contributed by atoms with Crippen LogP contribution in [0.2, 0.25) is 0 Å². The van der Waals surface area contributed by atoms with Crippen molar-refractivity contribution < 1.29 is 27.1 Å². The van der Waals surface area contributed by atoms with Crippen LogP contribution in [0.4, 0.5) is 23.2 Å². The number of alkyl halides is 3. The molecule has 158 valence electrons. The fourth-order valence-electron chi connectivity index (χ4n) is 2.93. The van der Waals surface area contributed by atoms with Gasteiger partial charge in [-0.25, -0.2) is 9.18 Å². The maximum atomic E-state index is 14.7. The van der Waals surface area contributed by atoms with Crippen molar-refractivity contribution in [3.8, 4) is 0 Å². The number of hydrogen-bond acceptors (Lipinski definition) is 4. The van der Waals surface area contributed by atoms with Crippen molar-refractivity contribution in [3.63, 3.8) is 0 Å². The second-order valence-corrected chi connectivity index (χ2v) is 7.56. The van der Waals surface area contributed by atoms with Gasteiger partial charge in [-0.1, -0.05) is 25.1 Å². The minimum atomic E-state index is -4.31. The summed E-state index contributed by atoms with van der Waals surface area (Å²) in [5.74, 6) is -2.05. The Morgan fingerprint density at radius 3 is 2.52 bits per heavy atom. The molecule has 0 aliphatic rings. The third-order valence-corrected chi connectivity index (χ3v) is 5.48. The van der Waals surface area contributed by atoms with E-state index >= 15 is 0 Å². The number of halogens is 4. The third kappa shape index (κ3) is 6.39. The molecule has 0 saturated carbocycles. The first-order chi connectivity index (χ1) is 13.7. The largest absolute Gasteiger partial charge is 0.465 e. The Morgan fingerprint density at radius 1 is 1.21 bits per heavy atom. The average Bonchev–Trinajstić information content (AvgIpc) is 2.66. The molecule has 0 atom stereocenters. The number of aryl methyl sites for hydroxylation is 1. The van der Waals surface area contributed by atoms with Crippen LogP contribution in [0.3, 0.4) is 0 Å². The summed E-state index contributed by atoms with van der Waals surface area (Å²) in [5.41, 5.74) is 1.68. The molecule has 2 rings (SSSR count). The molecule has 0 aliphatic carbocycles. The van der Waals surface area contributed by atoms with Crippen molar-refractivity contribution in [3.05, 3.63) is 58.9 Å². The Bertz CT molecular complexity index is 855. The molecule has 0 fully saturated rings. The van der Waals surface area contributed by atoms with E-state index in [0.29, 0.717) is 46.3 Å². The van der Waals surface area contributed by atoms with E-state index in [1.807, 2.05) is 6.92 Å². The smallest absolute Gasteiger partial charge is 0.398 e. The van der Waals surface area contributed by atoms with Crippen molar-refractivity contribution in [1.29, 1.82) is 0 Å². The molecule has 0 radical (unpaired) electrons. The summed E-state index contributed by atoms with van der Waals surface area (Å²) in [4.78, 5) is 14.1. The lowest BCUT2D eigenvalue weighted by molar-refractivity contribution is -0.105. The molecule has 0 spiro atoms. The number of thioether (sulfide) groups is 1. The quantitative estimate of drug-likeness (QED) is 0.293. The number of benzene rings is 2. The highest BCUT2D eigenvalue weighted by Gasteiger charge is 2.28. The van der Waals surface area contributed by atoms with Gasteiger partial charge in [0.1, 0.15) is 5.82 Å². The van der Waals surface area contributed by atoms with Gasteiger partial charge in [0.25, 0.3) is 0 Å². The van der Waals surface area contributed by atoms with Gasteiger partial charge in [0.15, 0.2) is 0 Å². The number of carbonyl (C=O) groups is 1. The molecule has 0 N–H and O–H groups in total. The van der Waals surface area contributed by atoms with Crippen LogP contribution in [0.5, 0.6) is 0 Å². The Balaban J connectivity index is 2.39. The van der Waals surface area contributed by atoms with Crippen LogP contribution >= 0.6 is 11.8 Å². The monoisotopic (exact) mass is 429 g/mol. The number of rotatable bonds is 8. The maximum absolute atomic E-state index is 14.7. The van der Waals surface area contributed by atoms with Gasteiger partial charge in [-0.15, -0.1) is 11.8 Å².